The fourth-order valence-corrected chi connectivity index (χ4v) is 1.93. The number of esters is 1. The van der Waals surface area contributed by atoms with E-state index in [1.807, 2.05) is 11.5 Å². The molecule has 0 bridgehead atoms. The van der Waals surface area contributed by atoms with Gasteiger partial charge in [-0.1, -0.05) is 6.92 Å². The fraction of sp³-hybridized carbons (Fsp3) is 0.714. The van der Waals surface area contributed by atoms with Gasteiger partial charge in [-0.2, -0.15) is 0 Å². The van der Waals surface area contributed by atoms with E-state index in [0.29, 0.717) is 26.0 Å². The number of carbonyl (C=O) groups excluding carboxylic acids is 1. The van der Waals surface area contributed by atoms with Crippen molar-refractivity contribution in [3.05, 3.63) is 12.2 Å². The summed E-state index contributed by atoms with van der Waals surface area (Å²) in [6.07, 6.45) is 3.72. The number of ether oxygens (including phenoxy) is 1. The summed E-state index contributed by atoms with van der Waals surface area (Å²) in [7, 11) is 1.72. The minimum Gasteiger partial charge on any atom is -0.466 e. The molecular weight excluding hydrogens is 411 g/mol. The average molecular weight is 438 g/mol. The molecule has 2 N–H and O–H groups in total. The first kappa shape index (κ1) is 21.6. The van der Waals surface area contributed by atoms with E-state index in [4.69, 9.17) is 4.74 Å². The number of rotatable bonds is 9. The standard InChI is InChI=1S/C14H26N6O2.HI/c1-4-12-19-18-11-20(12)10-9-17-14(15-3)16-8-6-7-13(21)22-5-2;/h11H,4-10H2,1-3H3,(H2,15,16,17);1H. The number of halogens is 1. The maximum absolute atomic E-state index is 11.2. The third-order valence-corrected chi connectivity index (χ3v) is 3.04. The molecule has 1 aromatic heterocycles. The first-order valence-electron chi connectivity index (χ1n) is 7.68. The quantitative estimate of drug-likeness (QED) is 0.196. The molecule has 0 aliphatic carbocycles. The van der Waals surface area contributed by atoms with Crippen LogP contribution in [-0.4, -0.2) is 53.4 Å². The highest BCUT2D eigenvalue weighted by atomic mass is 127. The van der Waals surface area contributed by atoms with Crippen molar-refractivity contribution in [1.82, 2.24) is 25.4 Å². The number of guanidine groups is 1. The van der Waals surface area contributed by atoms with E-state index < -0.39 is 0 Å². The number of nitrogens with zero attached hydrogens (tertiary/aromatic N) is 4. The zero-order valence-corrected chi connectivity index (χ0v) is 16.4. The predicted octanol–water partition coefficient (Wildman–Crippen LogP) is 0.967. The summed E-state index contributed by atoms with van der Waals surface area (Å²) >= 11 is 0. The highest BCUT2D eigenvalue weighted by Crippen LogP contribution is 1.95. The molecule has 0 spiro atoms. The van der Waals surface area contributed by atoms with Crippen LogP contribution >= 0.6 is 24.0 Å². The summed E-state index contributed by atoms with van der Waals surface area (Å²) in [5.74, 6) is 1.53. The van der Waals surface area contributed by atoms with Gasteiger partial charge in [0.1, 0.15) is 12.2 Å². The highest BCUT2D eigenvalue weighted by Gasteiger charge is 2.03. The minimum absolute atomic E-state index is 0. The lowest BCUT2D eigenvalue weighted by Crippen LogP contribution is -2.39. The van der Waals surface area contributed by atoms with E-state index in [9.17, 15) is 4.79 Å². The van der Waals surface area contributed by atoms with Crippen LogP contribution in [0, 0.1) is 0 Å². The SMILES string of the molecule is CCOC(=O)CCCNC(=NC)NCCn1cnnc1CC.I. The summed E-state index contributed by atoms with van der Waals surface area (Å²) in [4.78, 5) is 15.4. The number of aliphatic imine (C=N–C) groups is 1. The Bertz CT molecular complexity index is 478. The molecule has 0 amide bonds. The van der Waals surface area contributed by atoms with Gasteiger partial charge >= 0.3 is 5.97 Å². The summed E-state index contributed by atoms with van der Waals surface area (Å²) in [6, 6.07) is 0. The molecule has 1 rings (SSSR count). The van der Waals surface area contributed by atoms with Gasteiger partial charge in [0.15, 0.2) is 5.96 Å². The molecule has 0 radical (unpaired) electrons. The molecule has 0 aromatic carbocycles. The van der Waals surface area contributed by atoms with Crippen LogP contribution in [0.4, 0.5) is 0 Å². The molecule has 0 aliphatic rings. The Hall–Kier alpha value is -1.39. The Morgan fingerprint density at radius 2 is 2.09 bits per heavy atom. The second-order valence-corrected chi connectivity index (χ2v) is 4.63. The molecule has 23 heavy (non-hydrogen) atoms. The lowest BCUT2D eigenvalue weighted by atomic mass is 10.3. The topological polar surface area (TPSA) is 93.4 Å². The van der Waals surface area contributed by atoms with E-state index in [0.717, 1.165) is 31.3 Å². The normalized spacial score (nSPS) is 10.8. The molecule has 0 aliphatic heterocycles. The Balaban J connectivity index is 0.00000484. The molecule has 1 heterocycles. The second-order valence-electron chi connectivity index (χ2n) is 4.63. The number of hydrogen-bond donors (Lipinski definition) is 2. The van der Waals surface area contributed by atoms with Crippen molar-refractivity contribution >= 4 is 35.9 Å². The van der Waals surface area contributed by atoms with Gasteiger partial charge in [-0.15, -0.1) is 34.2 Å². The monoisotopic (exact) mass is 438 g/mol. The van der Waals surface area contributed by atoms with Crippen LogP contribution in [0.25, 0.3) is 0 Å². The molecule has 8 nitrogen and oxygen atoms in total. The second kappa shape index (κ2) is 13.1. The van der Waals surface area contributed by atoms with Crippen LogP contribution in [0.15, 0.2) is 11.3 Å². The van der Waals surface area contributed by atoms with Crippen molar-refractivity contribution in [2.24, 2.45) is 4.99 Å². The average Bonchev–Trinajstić information content (AvgIpc) is 2.97. The van der Waals surface area contributed by atoms with Crippen LogP contribution in [0.5, 0.6) is 0 Å². The largest absolute Gasteiger partial charge is 0.466 e. The van der Waals surface area contributed by atoms with Gasteiger partial charge in [0.05, 0.1) is 6.61 Å². The number of nitrogens with one attached hydrogen (secondary N) is 2. The lowest BCUT2D eigenvalue weighted by Gasteiger charge is -2.12. The van der Waals surface area contributed by atoms with E-state index in [-0.39, 0.29) is 29.9 Å². The highest BCUT2D eigenvalue weighted by molar-refractivity contribution is 14.0. The minimum atomic E-state index is -0.160. The summed E-state index contributed by atoms with van der Waals surface area (Å²) in [5, 5.41) is 14.3. The van der Waals surface area contributed by atoms with E-state index >= 15 is 0 Å². The zero-order chi connectivity index (χ0) is 16.2. The van der Waals surface area contributed by atoms with Crippen LogP contribution < -0.4 is 10.6 Å². The third-order valence-electron chi connectivity index (χ3n) is 3.04. The smallest absolute Gasteiger partial charge is 0.305 e. The predicted molar refractivity (Wildman–Crippen MR) is 100 cm³/mol. The Morgan fingerprint density at radius 1 is 1.35 bits per heavy atom. The number of hydrogen-bond acceptors (Lipinski definition) is 5. The van der Waals surface area contributed by atoms with Crippen LogP contribution in [0.1, 0.15) is 32.5 Å². The summed E-state index contributed by atoms with van der Waals surface area (Å²) < 4.78 is 6.89. The molecule has 1 aromatic rings. The third kappa shape index (κ3) is 8.72. The maximum Gasteiger partial charge on any atom is 0.305 e. The number of carbonyl (C=O) groups is 1. The Morgan fingerprint density at radius 3 is 2.74 bits per heavy atom. The molecule has 0 saturated carbocycles. The Labute approximate surface area is 154 Å². The van der Waals surface area contributed by atoms with E-state index in [1.54, 1.807) is 13.4 Å². The summed E-state index contributed by atoms with van der Waals surface area (Å²) in [6.45, 7) is 6.46. The number of aryl methyl sites for hydroxylation is 1. The fourth-order valence-electron chi connectivity index (χ4n) is 1.93. The van der Waals surface area contributed by atoms with Gasteiger partial charge in [-0.3, -0.25) is 9.79 Å². The van der Waals surface area contributed by atoms with Crippen LogP contribution in [-0.2, 0) is 22.5 Å². The van der Waals surface area contributed by atoms with Crippen molar-refractivity contribution in [1.29, 1.82) is 0 Å². The van der Waals surface area contributed by atoms with E-state index in [2.05, 4.69) is 32.7 Å². The van der Waals surface area contributed by atoms with Crippen molar-refractivity contribution in [3.8, 4) is 0 Å². The molecule has 132 valence electrons. The Kier molecular flexibility index (Phi) is 12.3. The molecule has 0 atom stereocenters. The first-order chi connectivity index (χ1) is 10.7. The molecule has 9 heteroatoms. The van der Waals surface area contributed by atoms with Crippen molar-refractivity contribution in [2.75, 3.05) is 26.7 Å². The zero-order valence-electron chi connectivity index (χ0n) is 14.0. The number of aromatic nitrogens is 3. The van der Waals surface area contributed by atoms with Crippen LogP contribution in [0.2, 0.25) is 0 Å². The van der Waals surface area contributed by atoms with Gasteiger partial charge in [-0.05, 0) is 13.3 Å². The van der Waals surface area contributed by atoms with Crippen molar-refractivity contribution < 1.29 is 9.53 Å². The summed E-state index contributed by atoms with van der Waals surface area (Å²) in [5.41, 5.74) is 0. The van der Waals surface area contributed by atoms with Gasteiger partial charge in [-0.25, -0.2) is 0 Å². The van der Waals surface area contributed by atoms with Crippen LogP contribution in [0.3, 0.4) is 0 Å². The van der Waals surface area contributed by atoms with Gasteiger partial charge in [0.2, 0.25) is 0 Å². The van der Waals surface area contributed by atoms with Gasteiger partial charge in [0.25, 0.3) is 0 Å². The molecule has 0 fully saturated rings. The van der Waals surface area contributed by atoms with Gasteiger partial charge < -0.3 is 19.9 Å². The lowest BCUT2D eigenvalue weighted by molar-refractivity contribution is -0.143. The van der Waals surface area contributed by atoms with E-state index in [1.165, 1.54) is 0 Å². The van der Waals surface area contributed by atoms with Gasteiger partial charge in [0, 0.05) is 39.5 Å². The molecule has 0 saturated heterocycles. The molecular formula is C14H27IN6O2. The van der Waals surface area contributed by atoms with Crippen molar-refractivity contribution in [2.45, 2.75) is 39.7 Å². The van der Waals surface area contributed by atoms with Crippen molar-refractivity contribution in [3.63, 3.8) is 0 Å². The maximum atomic E-state index is 11.2. The first-order valence-corrected chi connectivity index (χ1v) is 7.68. The molecule has 0 unspecified atom stereocenters.